The molecule has 1 aromatic heterocycles. The summed E-state index contributed by atoms with van der Waals surface area (Å²) in [6.45, 7) is 2.96. The maximum Gasteiger partial charge on any atom is 0.273 e. The van der Waals surface area contributed by atoms with Gasteiger partial charge in [-0.3, -0.25) is 4.79 Å². The zero-order valence-corrected chi connectivity index (χ0v) is 9.62. The van der Waals surface area contributed by atoms with Gasteiger partial charge in [0.2, 0.25) is 0 Å². The average molecular weight is 222 g/mol. The molecule has 0 atom stereocenters. The smallest absolute Gasteiger partial charge is 0.273 e. The molecule has 1 aliphatic rings. The summed E-state index contributed by atoms with van der Waals surface area (Å²) in [6.07, 6.45) is 7.60. The van der Waals surface area contributed by atoms with Crippen molar-refractivity contribution in [1.82, 2.24) is 20.7 Å². The monoisotopic (exact) mass is 222 g/mol. The zero-order valence-electron chi connectivity index (χ0n) is 9.62. The predicted molar refractivity (Wildman–Crippen MR) is 59.9 cm³/mol. The molecule has 1 aliphatic carbocycles. The lowest BCUT2D eigenvalue weighted by Gasteiger charge is -2.27. The lowest BCUT2D eigenvalue weighted by atomic mass is 9.83. The first-order chi connectivity index (χ1) is 7.76. The number of carbonyl (C=O) groups is 1. The third-order valence-electron chi connectivity index (χ3n) is 3.69. The molecule has 1 fully saturated rings. The van der Waals surface area contributed by atoms with Crippen LogP contribution in [0.15, 0.2) is 6.20 Å². The highest BCUT2D eigenvalue weighted by atomic mass is 16.1. The van der Waals surface area contributed by atoms with Crippen LogP contribution in [0.3, 0.4) is 0 Å². The van der Waals surface area contributed by atoms with E-state index in [1.807, 2.05) is 0 Å². The van der Waals surface area contributed by atoms with E-state index in [0.29, 0.717) is 11.1 Å². The number of H-pyrrole nitrogens is 1. The Balaban J connectivity index is 1.89. The summed E-state index contributed by atoms with van der Waals surface area (Å²) in [5.41, 5.74) is 0.684. The first kappa shape index (κ1) is 11.1. The second-order valence-corrected chi connectivity index (χ2v) is 4.60. The number of hydrogen-bond acceptors (Lipinski definition) is 3. The van der Waals surface area contributed by atoms with Crippen LogP contribution in [0.1, 0.15) is 49.5 Å². The van der Waals surface area contributed by atoms with Crippen LogP contribution in [-0.2, 0) is 0 Å². The van der Waals surface area contributed by atoms with Crippen LogP contribution in [-0.4, -0.2) is 27.9 Å². The second-order valence-electron chi connectivity index (χ2n) is 4.60. The minimum atomic E-state index is -0.131. The van der Waals surface area contributed by atoms with E-state index < -0.39 is 0 Å². The van der Waals surface area contributed by atoms with E-state index in [2.05, 4.69) is 27.7 Å². The Morgan fingerprint density at radius 1 is 1.56 bits per heavy atom. The number of carbonyl (C=O) groups excluding carboxylic acids is 1. The van der Waals surface area contributed by atoms with E-state index in [4.69, 9.17) is 0 Å². The lowest BCUT2D eigenvalue weighted by Crippen LogP contribution is -2.35. The quantitative estimate of drug-likeness (QED) is 0.811. The molecule has 0 radical (unpaired) electrons. The lowest BCUT2D eigenvalue weighted by molar-refractivity contribution is 0.0923. The van der Waals surface area contributed by atoms with Gasteiger partial charge in [-0.1, -0.05) is 19.8 Å². The predicted octanol–water partition coefficient (Wildman–Crippen LogP) is 1.50. The van der Waals surface area contributed by atoms with E-state index in [9.17, 15) is 4.79 Å². The van der Waals surface area contributed by atoms with Gasteiger partial charge in [-0.05, 0) is 24.7 Å². The van der Waals surface area contributed by atoms with E-state index in [1.54, 1.807) is 0 Å². The van der Waals surface area contributed by atoms with Crippen molar-refractivity contribution in [3.8, 4) is 0 Å². The molecule has 1 heterocycles. The molecule has 2 rings (SSSR count). The van der Waals surface area contributed by atoms with Gasteiger partial charge in [-0.2, -0.15) is 15.4 Å². The van der Waals surface area contributed by atoms with E-state index in [-0.39, 0.29) is 5.91 Å². The van der Waals surface area contributed by atoms with Crippen LogP contribution in [0.25, 0.3) is 0 Å². The van der Waals surface area contributed by atoms with Crippen molar-refractivity contribution < 1.29 is 4.79 Å². The van der Waals surface area contributed by atoms with E-state index >= 15 is 0 Å². The first-order valence-corrected chi connectivity index (χ1v) is 5.90. The van der Waals surface area contributed by atoms with Crippen LogP contribution in [0, 0.1) is 5.41 Å². The van der Waals surface area contributed by atoms with Gasteiger partial charge in [0.05, 0.1) is 6.20 Å². The Morgan fingerprint density at radius 2 is 2.31 bits per heavy atom. The van der Waals surface area contributed by atoms with Crippen molar-refractivity contribution >= 4 is 5.91 Å². The number of aromatic amines is 1. The molecule has 16 heavy (non-hydrogen) atoms. The summed E-state index contributed by atoms with van der Waals surface area (Å²) in [6, 6.07) is 0. The second kappa shape index (κ2) is 4.63. The van der Waals surface area contributed by atoms with Crippen molar-refractivity contribution in [2.45, 2.75) is 39.0 Å². The van der Waals surface area contributed by atoms with Crippen LogP contribution in [0.4, 0.5) is 0 Å². The van der Waals surface area contributed by atoms with Crippen molar-refractivity contribution in [1.29, 1.82) is 0 Å². The zero-order chi connectivity index (χ0) is 11.4. The molecule has 1 amide bonds. The molecule has 2 N–H and O–H groups in total. The molecule has 0 spiro atoms. The summed E-state index contributed by atoms with van der Waals surface area (Å²) >= 11 is 0. The van der Waals surface area contributed by atoms with Gasteiger partial charge < -0.3 is 5.32 Å². The molecule has 0 unspecified atom stereocenters. The molecule has 5 nitrogen and oxygen atoms in total. The Kier molecular flexibility index (Phi) is 3.22. The Morgan fingerprint density at radius 3 is 2.88 bits per heavy atom. The summed E-state index contributed by atoms with van der Waals surface area (Å²) in [7, 11) is 0. The fourth-order valence-corrected chi connectivity index (χ4v) is 2.45. The molecule has 0 aromatic carbocycles. The summed E-state index contributed by atoms with van der Waals surface area (Å²) in [4.78, 5) is 11.7. The van der Waals surface area contributed by atoms with Crippen molar-refractivity contribution in [3.05, 3.63) is 11.9 Å². The highest BCUT2D eigenvalue weighted by molar-refractivity contribution is 5.91. The molecule has 1 aromatic rings. The third-order valence-corrected chi connectivity index (χ3v) is 3.69. The van der Waals surface area contributed by atoms with Gasteiger partial charge in [0.25, 0.3) is 5.91 Å². The topological polar surface area (TPSA) is 70.7 Å². The van der Waals surface area contributed by atoms with Crippen LogP contribution in [0.5, 0.6) is 0 Å². The van der Waals surface area contributed by atoms with Crippen LogP contribution < -0.4 is 5.32 Å². The number of nitrogens with zero attached hydrogens (tertiary/aromatic N) is 2. The fourth-order valence-electron chi connectivity index (χ4n) is 2.45. The van der Waals surface area contributed by atoms with Crippen molar-refractivity contribution in [2.24, 2.45) is 5.41 Å². The number of rotatable bonds is 4. The molecule has 0 saturated heterocycles. The molecule has 0 bridgehead atoms. The van der Waals surface area contributed by atoms with E-state index in [1.165, 1.54) is 31.9 Å². The standard InChI is InChI=1S/C11H18N4O/c1-2-11(5-3-4-6-11)8-12-10(16)9-7-13-15-14-9/h7H,2-6,8H2,1H3,(H,12,16)(H,13,14,15). The molecule has 88 valence electrons. The first-order valence-electron chi connectivity index (χ1n) is 5.90. The largest absolute Gasteiger partial charge is 0.350 e. The molecular weight excluding hydrogens is 204 g/mol. The van der Waals surface area contributed by atoms with E-state index in [0.717, 1.165) is 13.0 Å². The number of nitrogens with one attached hydrogen (secondary N) is 2. The molecular formula is C11H18N4O. The number of aromatic nitrogens is 3. The molecule has 0 aliphatic heterocycles. The van der Waals surface area contributed by atoms with Gasteiger partial charge in [0, 0.05) is 6.54 Å². The Labute approximate surface area is 95.0 Å². The van der Waals surface area contributed by atoms with Crippen LogP contribution in [0.2, 0.25) is 0 Å². The summed E-state index contributed by atoms with van der Waals surface area (Å²) < 4.78 is 0. The SMILES string of the molecule is CCC1(CNC(=O)c2cn[nH]n2)CCCC1. The average Bonchev–Trinajstić information content (AvgIpc) is 2.98. The van der Waals surface area contributed by atoms with Gasteiger partial charge in [-0.15, -0.1) is 0 Å². The Bertz CT molecular complexity index is 341. The van der Waals surface area contributed by atoms with Crippen molar-refractivity contribution in [3.63, 3.8) is 0 Å². The molecule has 1 saturated carbocycles. The van der Waals surface area contributed by atoms with Crippen molar-refractivity contribution in [2.75, 3.05) is 6.54 Å². The minimum absolute atomic E-state index is 0.131. The maximum atomic E-state index is 11.7. The minimum Gasteiger partial charge on any atom is -0.350 e. The van der Waals surface area contributed by atoms with Gasteiger partial charge in [-0.25, -0.2) is 0 Å². The highest BCUT2D eigenvalue weighted by Gasteiger charge is 2.32. The number of hydrogen-bond donors (Lipinski definition) is 2. The van der Waals surface area contributed by atoms with Gasteiger partial charge in [0.15, 0.2) is 5.69 Å². The fraction of sp³-hybridized carbons (Fsp3) is 0.727. The highest BCUT2D eigenvalue weighted by Crippen LogP contribution is 2.40. The summed E-state index contributed by atoms with van der Waals surface area (Å²) in [5.74, 6) is -0.131. The van der Waals surface area contributed by atoms with Gasteiger partial charge >= 0.3 is 0 Å². The normalized spacial score (nSPS) is 18.6. The number of amides is 1. The maximum absolute atomic E-state index is 11.7. The third kappa shape index (κ3) is 2.23. The summed E-state index contributed by atoms with van der Waals surface area (Å²) in [5, 5.41) is 12.8. The Hall–Kier alpha value is -1.39. The van der Waals surface area contributed by atoms with Crippen LogP contribution >= 0.6 is 0 Å². The van der Waals surface area contributed by atoms with Gasteiger partial charge in [0.1, 0.15) is 0 Å². The molecule has 5 heteroatoms.